The van der Waals surface area contributed by atoms with Gasteiger partial charge in [-0.05, 0) is 48.1 Å². The molecule has 0 bridgehead atoms. The third-order valence-electron chi connectivity index (χ3n) is 4.62. The van der Waals surface area contributed by atoms with Gasteiger partial charge in [0.1, 0.15) is 0 Å². The van der Waals surface area contributed by atoms with Crippen LogP contribution in [0, 0.1) is 6.92 Å². The molecule has 0 unspecified atom stereocenters. The number of hydrogen-bond donors (Lipinski definition) is 0. The van der Waals surface area contributed by atoms with Crippen LogP contribution in [0.25, 0.3) is 0 Å². The highest BCUT2D eigenvalue weighted by molar-refractivity contribution is 7.90. The molecule has 2 nitrogen and oxygen atoms in total. The molecule has 0 atom stereocenters. The van der Waals surface area contributed by atoms with Crippen LogP contribution < -0.4 is 0 Å². The van der Waals surface area contributed by atoms with Crippen LogP contribution in [0.4, 0.5) is 0 Å². The fraction of sp³-hybridized carbons (Fsp3) is 0.294. The first-order valence-electron chi connectivity index (χ1n) is 6.95. The Labute approximate surface area is 119 Å². The van der Waals surface area contributed by atoms with E-state index >= 15 is 0 Å². The summed E-state index contributed by atoms with van der Waals surface area (Å²) in [7, 11) is -3.25. The van der Waals surface area contributed by atoms with Crippen LogP contribution in [0.15, 0.2) is 47.4 Å². The Bertz CT molecular complexity index is 815. The van der Waals surface area contributed by atoms with Crippen molar-refractivity contribution in [2.45, 2.75) is 35.8 Å². The second-order valence-electron chi connectivity index (χ2n) is 6.00. The van der Waals surface area contributed by atoms with E-state index in [2.05, 4.69) is 6.07 Å². The molecule has 0 aromatic heterocycles. The fourth-order valence-electron chi connectivity index (χ4n) is 3.49. The Morgan fingerprint density at radius 2 is 1.75 bits per heavy atom. The highest BCUT2D eigenvalue weighted by atomic mass is 32.2. The first-order chi connectivity index (χ1) is 9.53. The van der Waals surface area contributed by atoms with Gasteiger partial charge in [0.15, 0.2) is 9.84 Å². The zero-order valence-electron chi connectivity index (χ0n) is 11.4. The van der Waals surface area contributed by atoms with Crippen LogP contribution in [0.3, 0.4) is 0 Å². The van der Waals surface area contributed by atoms with Gasteiger partial charge < -0.3 is 0 Å². The summed E-state index contributed by atoms with van der Waals surface area (Å²) in [6.07, 6.45) is 2.10. The van der Waals surface area contributed by atoms with E-state index in [1.807, 2.05) is 43.3 Å². The van der Waals surface area contributed by atoms with Crippen molar-refractivity contribution in [1.82, 2.24) is 0 Å². The number of aryl methyl sites for hydroxylation is 1. The maximum Gasteiger partial charge on any atom is 0.182 e. The minimum Gasteiger partial charge on any atom is -0.223 e. The van der Waals surface area contributed by atoms with Crippen molar-refractivity contribution in [3.05, 3.63) is 64.7 Å². The summed E-state index contributed by atoms with van der Waals surface area (Å²) < 4.78 is 25.4. The zero-order valence-corrected chi connectivity index (χ0v) is 12.2. The van der Waals surface area contributed by atoms with Gasteiger partial charge in [0.25, 0.3) is 0 Å². The summed E-state index contributed by atoms with van der Waals surface area (Å²) in [5, 5.41) is 0. The minimum atomic E-state index is -3.25. The van der Waals surface area contributed by atoms with Crippen molar-refractivity contribution in [2.75, 3.05) is 0 Å². The van der Waals surface area contributed by atoms with Crippen LogP contribution in [-0.2, 0) is 21.0 Å². The Balaban J connectivity index is 2.11. The number of rotatable bonds is 0. The second-order valence-corrected chi connectivity index (χ2v) is 7.96. The van der Waals surface area contributed by atoms with E-state index in [-0.39, 0.29) is 11.2 Å². The molecular weight excluding hydrogens is 268 g/mol. The van der Waals surface area contributed by atoms with E-state index in [1.54, 1.807) is 0 Å². The van der Waals surface area contributed by atoms with Crippen molar-refractivity contribution >= 4 is 9.84 Å². The molecule has 0 N–H and O–H groups in total. The maximum atomic E-state index is 12.7. The normalized spacial score (nSPS) is 20.9. The molecule has 0 amide bonds. The summed E-state index contributed by atoms with van der Waals surface area (Å²) in [5.41, 5.74) is 4.15. The van der Waals surface area contributed by atoms with E-state index in [4.69, 9.17) is 0 Å². The molecule has 1 aliphatic heterocycles. The largest absolute Gasteiger partial charge is 0.223 e. The van der Waals surface area contributed by atoms with Gasteiger partial charge in [0.05, 0.1) is 10.6 Å². The predicted molar refractivity (Wildman–Crippen MR) is 78.5 cm³/mol. The van der Waals surface area contributed by atoms with Gasteiger partial charge in [-0.25, -0.2) is 8.42 Å². The highest BCUT2D eigenvalue weighted by Gasteiger charge is 2.51. The third kappa shape index (κ3) is 1.53. The molecule has 0 radical (unpaired) electrons. The Hall–Kier alpha value is -1.61. The van der Waals surface area contributed by atoms with Gasteiger partial charge in [0.2, 0.25) is 0 Å². The average molecular weight is 284 g/mol. The van der Waals surface area contributed by atoms with Crippen molar-refractivity contribution in [2.24, 2.45) is 0 Å². The molecule has 2 aliphatic rings. The number of sulfone groups is 1. The lowest BCUT2D eigenvalue weighted by Crippen LogP contribution is -2.11. The van der Waals surface area contributed by atoms with Crippen molar-refractivity contribution < 1.29 is 8.42 Å². The quantitative estimate of drug-likeness (QED) is 0.743. The average Bonchev–Trinajstić information content (AvgIpc) is 3.20. The van der Waals surface area contributed by atoms with Gasteiger partial charge >= 0.3 is 0 Å². The van der Waals surface area contributed by atoms with Crippen molar-refractivity contribution in [1.29, 1.82) is 0 Å². The van der Waals surface area contributed by atoms with Crippen molar-refractivity contribution in [3.8, 4) is 0 Å². The van der Waals surface area contributed by atoms with Crippen LogP contribution in [0.2, 0.25) is 0 Å². The van der Waals surface area contributed by atoms with Gasteiger partial charge in [0, 0.05) is 5.41 Å². The molecule has 102 valence electrons. The predicted octanol–water partition coefficient (Wildman–Crippen LogP) is 3.36. The van der Waals surface area contributed by atoms with Gasteiger partial charge in [-0.15, -0.1) is 0 Å². The molecule has 1 spiro atoms. The lowest BCUT2D eigenvalue weighted by atomic mass is 9.85. The van der Waals surface area contributed by atoms with Crippen LogP contribution in [-0.4, -0.2) is 8.42 Å². The SMILES string of the molecule is Cc1ccc2c(c1)S(=O)(=O)Cc1ccccc1C21CC1. The Morgan fingerprint density at radius 1 is 1.00 bits per heavy atom. The fourth-order valence-corrected chi connectivity index (χ4v) is 5.27. The molecule has 20 heavy (non-hydrogen) atoms. The van der Waals surface area contributed by atoms with Gasteiger partial charge in [-0.2, -0.15) is 0 Å². The number of hydrogen-bond acceptors (Lipinski definition) is 2. The van der Waals surface area contributed by atoms with Crippen LogP contribution in [0.1, 0.15) is 35.1 Å². The van der Waals surface area contributed by atoms with Crippen LogP contribution in [0.5, 0.6) is 0 Å². The molecule has 1 aliphatic carbocycles. The Kier molecular flexibility index (Phi) is 2.27. The van der Waals surface area contributed by atoms with Crippen LogP contribution >= 0.6 is 0 Å². The molecule has 4 rings (SSSR count). The second kappa shape index (κ2) is 3.73. The smallest absolute Gasteiger partial charge is 0.182 e. The van der Waals surface area contributed by atoms with Gasteiger partial charge in [-0.3, -0.25) is 0 Å². The highest BCUT2D eigenvalue weighted by Crippen LogP contribution is 2.57. The number of benzene rings is 2. The monoisotopic (exact) mass is 284 g/mol. The number of fused-ring (bicyclic) bond motifs is 4. The zero-order chi connectivity index (χ0) is 14.0. The first kappa shape index (κ1) is 12.2. The first-order valence-corrected chi connectivity index (χ1v) is 8.60. The van der Waals surface area contributed by atoms with E-state index in [0.29, 0.717) is 4.90 Å². The standard InChI is InChI=1S/C17H16O2S/c1-12-6-7-15-16(10-12)20(18,19)11-13-4-2-3-5-14(13)17(15)8-9-17/h2-7,10H,8-9,11H2,1H3. The molecule has 1 heterocycles. The lowest BCUT2D eigenvalue weighted by molar-refractivity contribution is 0.594. The molecule has 3 heteroatoms. The van der Waals surface area contributed by atoms with E-state index in [9.17, 15) is 8.42 Å². The van der Waals surface area contributed by atoms with Crippen molar-refractivity contribution in [3.63, 3.8) is 0 Å². The summed E-state index contributed by atoms with van der Waals surface area (Å²) in [5.74, 6) is 0.126. The van der Waals surface area contributed by atoms with E-state index in [0.717, 1.165) is 29.5 Å². The summed E-state index contributed by atoms with van der Waals surface area (Å²) >= 11 is 0. The molecule has 0 saturated heterocycles. The summed E-state index contributed by atoms with van der Waals surface area (Å²) in [6, 6.07) is 13.9. The third-order valence-corrected chi connectivity index (χ3v) is 6.32. The summed E-state index contributed by atoms with van der Waals surface area (Å²) in [6.45, 7) is 1.95. The molecular formula is C17H16O2S. The summed E-state index contributed by atoms with van der Waals surface area (Å²) in [4.78, 5) is 0.547. The minimum absolute atomic E-state index is 0.0524. The van der Waals surface area contributed by atoms with E-state index in [1.165, 1.54) is 5.56 Å². The molecule has 2 aromatic rings. The topological polar surface area (TPSA) is 34.1 Å². The van der Waals surface area contributed by atoms with Gasteiger partial charge in [-0.1, -0.05) is 36.4 Å². The maximum absolute atomic E-state index is 12.7. The molecule has 1 fully saturated rings. The lowest BCUT2D eigenvalue weighted by Gasteiger charge is -2.18. The molecule has 2 aromatic carbocycles. The van der Waals surface area contributed by atoms with E-state index < -0.39 is 9.84 Å². The molecule has 1 saturated carbocycles. The Morgan fingerprint density at radius 3 is 2.50 bits per heavy atom.